The Kier molecular flexibility index (Phi) is 17.7. The molecule has 0 amide bonds. The van der Waals surface area contributed by atoms with Crippen LogP contribution in [-0.2, 0) is 20.4 Å². The Morgan fingerprint density at radius 2 is 0.508 bits per heavy atom. The van der Waals surface area contributed by atoms with Crippen molar-refractivity contribution in [2.45, 2.75) is 170 Å². The maximum absolute atomic E-state index is 3.13. The number of halogens is 3. The first-order valence-electron chi connectivity index (χ1n) is 21.5. The van der Waals surface area contributed by atoms with Gasteiger partial charge in [-0.2, -0.15) is 0 Å². The van der Waals surface area contributed by atoms with Crippen molar-refractivity contribution in [2.75, 3.05) is 0 Å². The minimum Gasteiger partial charge on any atom is -1.00 e. The Morgan fingerprint density at radius 3 is 0.678 bits per heavy atom. The number of hydrogen-bond donors (Lipinski definition) is 0. The smallest absolute Gasteiger partial charge is 1.00 e. The van der Waals surface area contributed by atoms with Gasteiger partial charge in [-0.25, -0.2) is 0 Å². The molecule has 4 rings (SSSR count). The van der Waals surface area contributed by atoms with Crippen LogP contribution in [0, 0.1) is 20.8 Å². The van der Waals surface area contributed by atoms with E-state index in [1.807, 2.05) is 15.6 Å². The molecular formula is C48H81Cl3Si7Ti. The average Bonchev–Trinajstić information content (AvgIpc) is 3.14. The van der Waals surface area contributed by atoms with E-state index in [9.17, 15) is 0 Å². The maximum Gasteiger partial charge on any atom is -1.00 e. The number of hydrogen-bond acceptors (Lipinski definition) is 0. The molecule has 1 aliphatic rings. The third kappa shape index (κ3) is 9.64. The predicted octanol–water partition coefficient (Wildman–Crippen LogP) is 0.296. The van der Waals surface area contributed by atoms with Crippen LogP contribution in [0.4, 0.5) is 0 Å². The van der Waals surface area contributed by atoms with Crippen LogP contribution in [0.15, 0.2) is 58.7 Å². The zero-order valence-electron chi connectivity index (χ0n) is 42.1. The average molecular weight is 1010 g/mol. The fourth-order valence-corrected chi connectivity index (χ4v) is 44.0. The summed E-state index contributed by atoms with van der Waals surface area (Å²) in [7, 11) is -14.5. The fraction of sp³-hybridized carbons (Fsp3) is 0.542. The van der Waals surface area contributed by atoms with Crippen LogP contribution in [0.5, 0.6) is 0 Å². The quantitative estimate of drug-likeness (QED) is 0.203. The predicted molar refractivity (Wildman–Crippen MR) is 276 cm³/mol. The van der Waals surface area contributed by atoms with Crippen molar-refractivity contribution in [3.8, 4) is 0 Å². The van der Waals surface area contributed by atoms with Crippen molar-refractivity contribution in [3.63, 3.8) is 0 Å². The van der Waals surface area contributed by atoms with Crippen molar-refractivity contribution >= 4 is 103 Å². The molecule has 0 unspecified atom stereocenters. The summed E-state index contributed by atoms with van der Waals surface area (Å²) in [5.41, 5.74) is 10.9. The number of rotatable bonds is 10. The normalized spacial score (nSPS) is 15.6. The van der Waals surface area contributed by atoms with Gasteiger partial charge in [0.05, 0.1) is 0 Å². The molecule has 0 atom stereocenters. The molecule has 0 aromatic heterocycles. The van der Waals surface area contributed by atoms with Crippen molar-refractivity contribution < 1.29 is 57.7 Å². The standard InChI is InChI=1S/C48H81Si7.3ClH.Ti/c1-32-26-29-39(46(52(17,18)19)42(32)49(8,9)10)55(45-37(6)35(4)36(5)38(45)7,40-30-27-33(2)43(50(11,12)13)47(40)53(20,21)22)41-31-28-34(3)44(51(14,15)16)48(41)54(23,24)25;;;;/h26-31H,1-25H3;3*1H;/q;;;;+3/p-3. The van der Waals surface area contributed by atoms with Gasteiger partial charge in [0.2, 0.25) is 0 Å². The Morgan fingerprint density at radius 1 is 0.322 bits per heavy atom. The summed E-state index contributed by atoms with van der Waals surface area (Å²) in [6.07, 6.45) is 0. The van der Waals surface area contributed by atoms with Gasteiger partial charge in [-0.1, -0.05) is 0 Å². The molecule has 0 saturated heterocycles. The van der Waals surface area contributed by atoms with Crippen molar-refractivity contribution in [1.29, 1.82) is 0 Å². The van der Waals surface area contributed by atoms with Gasteiger partial charge in [-0.15, -0.1) is 0 Å². The molecule has 0 radical (unpaired) electrons. The number of benzene rings is 3. The van der Waals surface area contributed by atoms with E-state index in [0.717, 1.165) is 0 Å². The zero-order chi connectivity index (χ0) is 43.5. The van der Waals surface area contributed by atoms with Crippen LogP contribution in [0.3, 0.4) is 0 Å². The summed E-state index contributed by atoms with van der Waals surface area (Å²) < 4.78 is -0.151. The van der Waals surface area contributed by atoms with Gasteiger partial charge in [0, 0.05) is 0 Å². The van der Waals surface area contributed by atoms with Gasteiger partial charge >= 0.3 is 369 Å². The number of allylic oxidation sites excluding steroid dienone is 4. The van der Waals surface area contributed by atoms with E-state index >= 15 is 0 Å². The molecule has 59 heavy (non-hydrogen) atoms. The fourth-order valence-electron chi connectivity index (χ4n) is 11.3. The molecule has 0 saturated carbocycles. The second kappa shape index (κ2) is 18.3. The molecule has 3 aromatic carbocycles. The Balaban J connectivity index is 0.00000580. The van der Waals surface area contributed by atoms with Gasteiger partial charge in [-0.3, -0.25) is 0 Å². The Labute approximate surface area is 402 Å². The van der Waals surface area contributed by atoms with Crippen LogP contribution >= 0.6 is 0 Å². The van der Waals surface area contributed by atoms with Crippen LogP contribution in [0.1, 0.15) is 44.4 Å². The summed E-state index contributed by atoms with van der Waals surface area (Å²) in [5.74, 6) is 0. The van der Waals surface area contributed by atoms with Crippen LogP contribution in [0.25, 0.3) is 0 Å². The first-order chi connectivity index (χ1) is 24.9. The van der Waals surface area contributed by atoms with E-state index in [1.54, 1.807) is 42.3 Å². The molecule has 0 spiro atoms. The van der Waals surface area contributed by atoms with Crippen molar-refractivity contribution in [2.24, 2.45) is 0 Å². The molecule has 0 nitrogen and oxygen atoms in total. The van der Waals surface area contributed by atoms with Crippen molar-refractivity contribution in [3.05, 3.63) is 75.4 Å². The molecular weight excluding hydrogens is 927 g/mol. The van der Waals surface area contributed by atoms with Gasteiger partial charge < -0.3 is 37.2 Å². The number of aryl methyl sites for hydroxylation is 3. The first-order valence-corrected chi connectivity index (χ1v) is 45.3. The SMILES string of the molecule is CC1=C(C)[C]([Ti+3])([Si](c2ccc(C)c([Si](C)(C)C)c2[Si](C)(C)C)(c2ccc(C)c([Si](C)(C)C)c2[Si](C)(C)C)c2ccc(C)c([Si](C)(C)C)c2[Si](C)(C)C)C(C)=C1C.[Cl-].[Cl-].[Cl-]. The summed E-state index contributed by atoms with van der Waals surface area (Å²) in [6, 6.07) is 16.2. The van der Waals surface area contributed by atoms with E-state index in [2.05, 4.69) is 223 Å². The topological polar surface area (TPSA) is 0 Å². The molecule has 1 aliphatic carbocycles. The molecule has 0 N–H and O–H groups in total. The molecule has 0 aliphatic heterocycles. The van der Waals surface area contributed by atoms with E-state index in [4.69, 9.17) is 0 Å². The van der Waals surface area contributed by atoms with Gasteiger partial charge in [0.25, 0.3) is 0 Å². The van der Waals surface area contributed by atoms with E-state index in [1.165, 1.54) is 27.8 Å². The summed E-state index contributed by atoms with van der Waals surface area (Å²) in [4.78, 5) is 0. The van der Waals surface area contributed by atoms with Gasteiger partial charge in [-0.05, 0) is 0 Å². The van der Waals surface area contributed by atoms with E-state index in [0.29, 0.717) is 0 Å². The Hall–Kier alpha value is 0.242. The maximum atomic E-state index is 2.79. The van der Waals surface area contributed by atoms with E-state index in [-0.39, 0.29) is 40.6 Å². The zero-order valence-corrected chi connectivity index (χ0v) is 52.9. The second-order valence-electron chi connectivity index (χ2n) is 24.0. The molecule has 0 heterocycles. The second-order valence-corrected chi connectivity index (χ2v) is 59.9. The summed E-state index contributed by atoms with van der Waals surface area (Å²) in [6.45, 7) is 65.4. The van der Waals surface area contributed by atoms with Crippen LogP contribution < -0.4 is 83.9 Å². The Bertz CT molecular complexity index is 1920. The molecule has 11 heteroatoms. The third-order valence-electron chi connectivity index (χ3n) is 13.3. The molecule has 0 fully saturated rings. The minimum absolute atomic E-state index is 0. The third-order valence-corrected chi connectivity index (χ3v) is 35.8. The summed E-state index contributed by atoms with van der Waals surface area (Å²) >= 11 is 2.79. The molecule has 326 valence electrons. The van der Waals surface area contributed by atoms with Crippen molar-refractivity contribution in [1.82, 2.24) is 0 Å². The first kappa shape index (κ1) is 57.3. The summed E-state index contributed by atoms with van der Waals surface area (Å²) in [5, 5.41) is 16.1. The van der Waals surface area contributed by atoms with Crippen LogP contribution in [0.2, 0.25) is 121 Å². The largest absolute Gasteiger partial charge is 1.00 e. The molecule has 0 bridgehead atoms. The minimum atomic E-state index is -3.13. The van der Waals surface area contributed by atoms with Gasteiger partial charge in [0.15, 0.2) is 0 Å². The van der Waals surface area contributed by atoms with Gasteiger partial charge in [0.1, 0.15) is 0 Å². The van der Waals surface area contributed by atoms with E-state index < -0.39 is 56.5 Å². The molecule has 3 aromatic rings. The monoisotopic (exact) mass is 1010 g/mol. The van der Waals surface area contributed by atoms with Crippen LogP contribution in [-0.4, -0.2) is 56.5 Å².